The number of para-hydroxylation sites is 1. The van der Waals surface area contributed by atoms with Crippen LogP contribution in [-0.4, -0.2) is 15.1 Å². The van der Waals surface area contributed by atoms with Gasteiger partial charge in [0.1, 0.15) is 17.4 Å². The molecule has 0 saturated heterocycles. The number of allylic oxidation sites excluding steroid dienone is 1. The van der Waals surface area contributed by atoms with Gasteiger partial charge in [-0.1, -0.05) is 12.1 Å². The lowest BCUT2D eigenvalue weighted by Crippen LogP contribution is -2.12. The predicted molar refractivity (Wildman–Crippen MR) is 98.4 cm³/mol. The zero-order chi connectivity index (χ0) is 17.4. The summed E-state index contributed by atoms with van der Waals surface area (Å²) < 4.78 is 0. The summed E-state index contributed by atoms with van der Waals surface area (Å²) >= 11 is 1.61. The largest absolute Gasteiger partial charge is 0.506 e. The molecule has 1 aliphatic carbocycles. The van der Waals surface area contributed by atoms with Crippen molar-refractivity contribution < 1.29 is 5.11 Å². The average Bonchev–Trinajstić information content (AvgIpc) is 3.06. The van der Waals surface area contributed by atoms with Crippen molar-refractivity contribution in [2.45, 2.75) is 25.7 Å². The van der Waals surface area contributed by atoms with Crippen molar-refractivity contribution in [3.63, 3.8) is 0 Å². The van der Waals surface area contributed by atoms with E-state index in [1.54, 1.807) is 35.6 Å². The van der Waals surface area contributed by atoms with Gasteiger partial charge in [0, 0.05) is 15.8 Å². The average molecular weight is 349 g/mol. The fourth-order valence-corrected chi connectivity index (χ4v) is 4.38. The molecule has 0 amide bonds. The first-order valence-electron chi connectivity index (χ1n) is 8.11. The number of aliphatic hydroxyl groups is 1. The zero-order valence-electron chi connectivity index (χ0n) is 13.4. The molecule has 5 nitrogen and oxygen atoms in total. The molecule has 2 heterocycles. The molecule has 124 valence electrons. The van der Waals surface area contributed by atoms with E-state index in [0.717, 1.165) is 31.2 Å². The second-order valence-corrected chi connectivity index (χ2v) is 6.99. The van der Waals surface area contributed by atoms with E-state index in [4.69, 9.17) is 0 Å². The number of fused-ring (bicyclic) bond motifs is 2. The third-order valence-corrected chi connectivity index (χ3v) is 5.60. The van der Waals surface area contributed by atoms with E-state index >= 15 is 0 Å². The molecule has 0 radical (unpaired) electrons. The molecule has 1 aliphatic rings. The maximum absolute atomic E-state index is 12.3. The van der Waals surface area contributed by atoms with E-state index < -0.39 is 0 Å². The van der Waals surface area contributed by atoms with Crippen molar-refractivity contribution in [3.8, 4) is 6.07 Å². The number of H-pyrrole nitrogens is 1. The minimum atomic E-state index is -0.325. The minimum absolute atomic E-state index is 0.00553. The van der Waals surface area contributed by atoms with E-state index in [2.05, 4.69) is 9.97 Å². The Labute approximate surface area is 147 Å². The van der Waals surface area contributed by atoms with Gasteiger partial charge < -0.3 is 10.1 Å². The summed E-state index contributed by atoms with van der Waals surface area (Å²) in [6, 6.07) is 8.94. The fourth-order valence-electron chi connectivity index (χ4n) is 3.25. The number of aromatic amines is 1. The third-order valence-electron chi connectivity index (χ3n) is 4.51. The Hall–Kier alpha value is -2.91. The lowest BCUT2D eigenvalue weighted by molar-refractivity contribution is 0.512. The van der Waals surface area contributed by atoms with Crippen LogP contribution in [0.3, 0.4) is 0 Å². The van der Waals surface area contributed by atoms with Gasteiger partial charge in [0.15, 0.2) is 5.82 Å². The molecular weight excluding hydrogens is 334 g/mol. The van der Waals surface area contributed by atoms with Crippen molar-refractivity contribution >= 4 is 33.6 Å². The van der Waals surface area contributed by atoms with Gasteiger partial charge in [0.25, 0.3) is 5.56 Å². The quantitative estimate of drug-likeness (QED) is 0.544. The van der Waals surface area contributed by atoms with Crippen LogP contribution in [0.1, 0.15) is 34.7 Å². The Bertz CT molecular complexity index is 1100. The number of hydrogen-bond acceptors (Lipinski definition) is 5. The van der Waals surface area contributed by atoms with Crippen molar-refractivity contribution in [2.75, 3.05) is 0 Å². The molecule has 0 spiro atoms. The first-order valence-corrected chi connectivity index (χ1v) is 8.99. The zero-order valence-corrected chi connectivity index (χ0v) is 14.2. The minimum Gasteiger partial charge on any atom is -0.506 e. The van der Waals surface area contributed by atoms with Crippen molar-refractivity contribution in [2.24, 2.45) is 0 Å². The van der Waals surface area contributed by atoms with Gasteiger partial charge in [0.2, 0.25) is 0 Å². The third kappa shape index (κ3) is 2.63. The van der Waals surface area contributed by atoms with Gasteiger partial charge in [-0.3, -0.25) is 4.79 Å². The van der Waals surface area contributed by atoms with Crippen LogP contribution in [0.5, 0.6) is 0 Å². The van der Waals surface area contributed by atoms with Crippen LogP contribution < -0.4 is 5.56 Å². The molecule has 1 aromatic carbocycles. The number of nitrogens with zero attached hydrogens (tertiary/aromatic N) is 2. The molecule has 0 saturated carbocycles. The Morgan fingerprint density at radius 2 is 2.08 bits per heavy atom. The highest BCUT2D eigenvalue weighted by Crippen LogP contribution is 2.35. The fraction of sp³-hybridized carbons (Fsp3) is 0.211. The van der Waals surface area contributed by atoms with Gasteiger partial charge in [-0.15, -0.1) is 11.3 Å². The van der Waals surface area contributed by atoms with Crippen molar-refractivity contribution in [3.05, 3.63) is 61.8 Å². The second-order valence-electron chi connectivity index (χ2n) is 6.03. The number of aliphatic hydroxyl groups excluding tert-OH is 1. The number of nitriles is 1. The smallest absolute Gasteiger partial charge is 0.259 e. The number of hydrogen-bond donors (Lipinski definition) is 2. The Kier molecular flexibility index (Phi) is 3.86. The molecule has 4 rings (SSSR count). The standard InChI is InChI=1S/C19H15N3O2S/c20-9-13(17(23)14-10-25-16-8-4-2-5-11(14)16)18-21-15-7-3-1-6-12(15)19(24)22-18/h1,3,6-7,10,23H,2,4-5,8H2,(H,21,22,24). The summed E-state index contributed by atoms with van der Waals surface area (Å²) in [4.78, 5) is 20.5. The van der Waals surface area contributed by atoms with Crippen LogP contribution >= 0.6 is 11.3 Å². The number of rotatable bonds is 2. The Balaban J connectivity index is 1.90. The summed E-state index contributed by atoms with van der Waals surface area (Å²) in [6.07, 6.45) is 4.15. The van der Waals surface area contributed by atoms with Crippen LogP contribution in [0.4, 0.5) is 0 Å². The van der Waals surface area contributed by atoms with E-state index in [1.807, 2.05) is 11.4 Å². The maximum Gasteiger partial charge on any atom is 0.259 e. The van der Waals surface area contributed by atoms with Crippen LogP contribution in [0.15, 0.2) is 34.4 Å². The number of benzene rings is 1. The van der Waals surface area contributed by atoms with E-state index in [1.165, 1.54) is 4.88 Å². The summed E-state index contributed by atoms with van der Waals surface area (Å²) in [5.41, 5.74) is 1.97. The van der Waals surface area contributed by atoms with Gasteiger partial charge >= 0.3 is 0 Å². The molecule has 3 aromatic rings. The lowest BCUT2D eigenvalue weighted by atomic mass is 9.94. The van der Waals surface area contributed by atoms with Crippen LogP contribution in [0, 0.1) is 11.3 Å². The molecule has 0 unspecified atom stereocenters. The van der Waals surface area contributed by atoms with Gasteiger partial charge in [-0.05, 0) is 43.4 Å². The number of nitrogens with one attached hydrogen (secondary N) is 1. The molecule has 0 bridgehead atoms. The highest BCUT2D eigenvalue weighted by Gasteiger charge is 2.21. The van der Waals surface area contributed by atoms with Crippen LogP contribution in [-0.2, 0) is 12.8 Å². The highest BCUT2D eigenvalue weighted by atomic mass is 32.1. The first kappa shape index (κ1) is 15.6. The van der Waals surface area contributed by atoms with Gasteiger partial charge in [0.05, 0.1) is 10.9 Å². The monoisotopic (exact) mass is 349 g/mol. The van der Waals surface area contributed by atoms with Crippen molar-refractivity contribution in [1.82, 2.24) is 9.97 Å². The number of thiophene rings is 1. The van der Waals surface area contributed by atoms with E-state index in [0.29, 0.717) is 16.5 Å². The predicted octanol–water partition coefficient (Wildman–Crippen LogP) is 3.81. The van der Waals surface area contributed by atoms with Gasteiger partial charge in [-0.2, -0.15) is 5.26 Å². The highest BCUT2D eigenvalue weighted by molar-refractivity contribution is 7.10. The summed E-state index contributed by atoms with van der Waals surface area (Å²) in [5, 5.41) is 22.7. The first-order chi connectivity index (χ1) is 12.2. The second kappa shape index (κ2) is 6.19. The SMILES string of the molecule is N#CC(=C(O)c1csc2c1CCCC2)c1nc2ccccc2c(=O)[nH]1. The molecule has 0 atom stereocenters. The number of aryl methyl sites for hydroxylation is 1. The van der Waals surface area contributed by atoms with Gasteiger partial charge in [-0.25, -0.2) is 4.98 Å². The summed E-state index contributed by atoms with van der Waals surface area (Å²) in [6.45, 7) is 0. The molecule has 2 N–H and O–H groups in total. The summed E-state index contributed by atoms with van der Waals surface area (Å²) in [7, 11) is 0. The maximum atomic E-state index is 12.3. The number of aromatic nitrogens is 2. The molecule has 25 heavy (non-hydrogen) atoms. The Morgan fingerprint density at radius 1 is 1.28 bits per heavy atom. The molecule has 2 aromatic heterocycles. The van der Waals surface area contributed by atoms with Crippen LogP contribution in [0.25, 0.3) is 22.2 Å². The van der Waals surface area contributed by atoms with E-state index in [-0.39, 0.29) is 22.7 Å². The molecular formula is C19H15N3O2S. The molecule has 6 heteroatoms. The summed E-state index contributed by atoms with van der Waals surface area (Å²) in [5.74, 6) is -0.0141. The Morgan fingerprint density at radius 3 is 2.92 bits per heavy atom. The lowest BCUT2D eigenvalue weighted by Gasteiger charge is -2.13. The molecule has 0 aliphatic heterocycles. The molecule has 0 fully saturated rings. The topological polar surface area (TPSA) is 89.8 Å². The van der Waals surface area contributed by atoms with Crippen molar-refractivity contribution in [1.29, 1.82) is 5.26 Å². The van der Waals surface area contributed by atoms with Crippen LogP contribution in [0.2, 0.25) is 0 Å². The van der Waals surface area contributed by atoms with E-state index in [9.17, 15) is 15.2 Å². The normalized spacial score (nSPS) is 14.7.